The first-order valence-corrected chi connectivity index (χ1v) is 9.18. The number of hydrogen-bond donors (Lipinski definition) is 1. The van der Waals surface area contributed by atoms with Gasteiger partial charge in [-0.1, -0.05) is 0 Å². The van der Waals surface area contributed by atoms with Gasteiger partial charge in [-0.3, -0.25) is 9.69 Å². The Bertz CT molecular complexity index is 1120. The van der Waals surface area contributed by atoms with E-state index in [2.05, 4.69) is 9.88 Å². The number of aromatic nitrogens is 1. The van der Waals surface area contributed by atoms with Gasteiger partial charge in [0.15, 0.2) is 5.43 Å². The van der Waals surface area contributed by atoms with Crippen LogP contribution in [0.1, 0.15) is 0 Å². The molecule has 0 saturated carbocycles. The monoisotopic (exact) mass is 364 g/mol. The molecular formula is C21H20N2O4. The number of nitrogens with one attached hydrogen (secondary N) is 1. The summed E-state index contributed by atoms with van der Waals surface area (Å²) in [4.78, 5) is 17.1. The van der Waals surface area contributed by atoms with Crippen molar-refractivity contribution in [3.05, 3.63) is 52.8 Å². The molecule has 0 atom stereocenters. The van der Waals surface area contributed by atoms with E-state index in [0.717, 1.165) is 71.8 Å². The molecule has 3 heterocycles. The van der Waals surface area contributed by atoms with Crippen LogP contribution in [-0.4, -0.2) is 49.3 Å². The molecule has 1 fully saturated rings. The number of hydrogen-bond acceptors (Lipinski definition) is 5. The lowest BCUT2D eigenvalue weighted by atomic mass is 10.1. The molecule has 27 heavy (non-hydrogen) atoms. The van der Waals surface area contributed by atoms with Crippen LogP contribution in [0, 0.1) is 0 Å². The van der Waals surface area contributed by atoms with Crippen molar-refractivity contribution in [2.45, 2.75) is 0 Å². The summed E-state index contributed by atoms with van der Waals surface area (Å²) in [6.07, 6.45) is 1.89. The third-order valence-corrected chi connectivity index (χ3v) is 5.09. The number of morpholine rings is 1. The van der Waals surface area contributed by atoms with Gasteiger partial charge in [-0.2, -0.15) is 0 Å². The summed E-state index contributed by atoms with van der Waals surface area (Å²) in [6.45, 7) is 5.03. The molecule has 0 bridgehead atoms. The van der Waals surface area contributed by atoms with Crippen LogP contribution in [0.3, 0.4) is 0 Å². The Morgan fingerprint density at radius 3 is 2.85 bits per heavy atom. The lowest BCUT2D eigenvalue weighted by Gasteiger charge is -2.26. The summed E-state index contributed by atoms with van der Waals surface area (Å²) in [6, 6.07) is 10.9. The van der Waals surface area contributed by atoms with Gasteiger partial charge >= 0.3 is 0 Å². The average molecular weight is 364 g/mol. The second kappa shape index (κ2) is 6.72. The Morgan fingerprint density at radius 1 is 1.07 bits per heavy atom. The fourth-order valence-electron chi connectivity index (χ4n) is 3.64. The molecule has 1 aromatic heterocycles. The van der Waals surface area contributed by atoms with Crippen molar-refractivity contribution in [3.63, 3.8) is 0 Å². The van der Waals surface area contributed by atoms with Gasteiger partial charge in [0.1, 0.15) is 23.5 Å². The third-order valence-electron chi connectivity index (χ3n) is 5.09. The zero-order chi connectivity index (χ0) is 18.2. The van der Waals surface area contributed by atoms with Gasteiger partial charge in [-0.05, 0) is 24.3 Å². The lowest BCUT2D eigenvalue weighted by Crippen LogP contribution is -2.38. The average Bonchev–Trinajstić information content (AvgIpc) is 3.06. The summed E-state index contributed by atoms with van der Waals surface area (Å²) in [5.74, 6) is 0.796. The van der Waals surface area contributed by atoms with Gasteiger partial charge in [-0.15, -0.1) is 0 Å². The maximum atomic E-state index is 11.6. The second-order valence-electron chi connectivity index (χ2n) is 6.80. The molecule has 0 unspecified atom stereocenters. The normalized spacial score (nSPS) is 15.7. The van der Waals surface area contributed by atoms with Crippen LogP contribution < -0.4 is 10.2 Å². The Kier molecular flexibility index (Phi) is 4.07. The van der Waals surface area contributed by atoms with E-state index in [1.807, 2.05) is 24.4 Å². The van der Waals surface area contributed by atoms with Crippen molar-refractivity contribution in [2.24, 2.45) is 0 Å². The molecule has 0 amide bonds. The molecule has 5 rings (SSSR count). The number of H-pyrrole nitrogens is 1. The number of benzene rings is 2. The number of fused-ring (bicyclic) bond motifs is 5. The highest BCUT2D eigenvalue weighted by atomic mass is 16.5. The second-order valence-corrected chi connectivity index (χ2v) is 6.80. The molecule has 6 heteroatoms. The molecule has 1 aliphatic carbocycles. The molecule has 0 spiro atoms. The first-order chi connectivity index (χ1) is 13.3. The van der Waals surface area contributed by atoms with E-state index < -0.39 is 0 Å². The Hall–Kier alpha value is -2.83. The summed E-state index contributed by atoms with van der Waals surface area (Å²) < 4.78 is 17.4. The van der Waals surface area contributed by atoms with Crippen LogP contribution in [0.5, 0.6) is 5.75 Å². The van der Waals surface area contributed by atoms with E-state index in [-0.39, 0.29) is 5.43 Å². The maximum Gasteiger partial charge on any atom is 0.180 e. The van der Waals surface area contributed by atoms with E-state index in [0.29, 0.717) is 6.61 Å². The lowest BCUT2D eigenvalue weighted by molar-refractivity contribution is 0.0322. The van der Waals surface area contributed by atoms with Gasteiger partial charge in [0, 0.05) is 54.3 Å². The highest BCUT2D eigenvalue weighted by molar-refractivity contribution is 6.09. The van der Waals surface area contributed by atoms with Crippen LogP contribution in [0.4, 0.5) is 0 Å². The van der Waals surface area contributed by atoms with Crippen molar-refractivity contribution >= 4 is 21.9 Å². The van der Waals surface area contributed by atoms with Gasteiger partial charge in [-0.25, -0.2) is 0 Å². The highest BCUT2D eigenvalue weighted by Crippen LogP contribution is 2.36. The number of rotatable bonds is 4. The van der Waals surface area contributed by atoms with E-state index in [4.69, 9.17) is 13.9 Å². The Labute approximate surface area is 155 Å². The number of furan rings is 1. The minimum atomic E-state index is -0.0230. The predicted octanol–water partition coefficient (Wildman–Crippen LogP) is 3.09. The topological polar surface area (TPSA) is 67.7 Å². The minimum absolute atomic E-state index is 0.0230. The summed E-state index contributed by atoms with van der Waals surface area (Å²) in [5.41, 5.74) is 3.21. The molecule has 0 radical (unpaired) electrons. The van der Waals surface area contributed by atoms with Crippen LogP contribution in [0.25, 0.3) is 33.2 Å². The summed E-state index contributed by atoms with van der Waals surface area (Å²) >= 11 is 0. The van der Waals surface area contributed by atoms with Crippen LogP contribution in [0.2, 0.25) is 0 Å². The zero-order valence-electron chi connectivity index (χ0n) is 14.9. The van der Waals surface area contributed by atoms with Gasteiger partial charge in [0.25, 0.3) is 0 Å². The first-order valence-electron chi connectivity index (χ1n) is 9.18. The standard InChI is InChI=1S/C21H20N2O4/c24-14-1-3-17-19(11-14)22-13-18-16-4-2-15(12-20(16)27-21(17)18)26-10-7-23-5-8-25-9-6-23/h1-4,11-13,22H,5-10H2. The first kappa shape index (κ1) is 16.4. The fourth-order valence-corrected chi connectivity index (χ4v) is 3.64. The van der Waals surface area contributed by atoms with Crippen molar-refractivity contribution < 1.29 is 13.9 Å². The van der Waals surface area contributed by atoms with Crippen LogP contribution in [-0.2, 0) is 4.74 Å². The maximum absolute atomic E-state index is 11.6. The van der Waals surface area contributed by atoms with E-state index >= 15 is 0 Å². The minimum Gasteiger partial charge on any atom is -0.492 e. The van der Waals surface area contributed by atoms with Crippen LogP contribution >= 0.6 is 0 Å². The summed E-state index contributed by atoms with van der Waals surface area (Å²) in [5, 5.41) is 2.02. The smallest absolute Gasteiger partial charge is 0.180 e. The van der Waals surface area contributed by atoms with Crippen molar-refractivity contribution in [1.29, 1.82) is 0 Å². The van der Waals surface area contributed by atoms with Crippen molar-refractivity contribution in [2.75, 3.05) is 39.5 Å². The largest absolute Gasteiger partial charge is 0.492 e. The molecule has 2 aromatic rings. The Morgan fingerprint density at radius 2 is 1.96 bits per heavy atom. The predicted molar refractivity (Wildman–Crippen MR) is 104 cm³/mol. The van der Waals surface area contributed by atoms with Gasteiger partial charge in [0.05, 0.1) is 18.9 Å². The zero-order valence-corrected chi connectivity index (χ0v) is 14.9. The van der Waals surface area contributed by atoms with E-state index in [1.165, 1.54) is 0 Å². The number of aromatic amines is 1. The number of ether oxygens (including phenoxy) is 2. The molecule has 3 aliphatic rings. The molecule has 2 aliphatic heterocycles. The van der Waals surface area contributed by atoms with Gasteiger partial charge < -0.3 is 18.9 Å². The van der Waals surface area contributed by atoms with Crippen LogP contribution in [0.15, 0.2) is 51.8 Å². The molecule has 6 nitrogen and oxygen atoms in total. The van der Waals surface area contributed by atoms with E-state index in [9.17, 15) is 4.79 Å². The highest BCUT2D eigenvalue weighted by Gasteiger charge is 2.15. The summed E-state index contributed by atoms with van der Waals surface area (Å²) in [7, 11) is 0. The quantitative estimate of drug-likeness (QED) is 0.603. The number of pyridine rings is 1. The third kappa shape index (κ3) is 3.07. The van der Waals surface area contributed by atoms with E-state index in [1.54, 1.807) is 18.2 Å². The molecule has 1 saturated heterocycles. The van der Waals surface area contributed by atoms with Gasteiger partial charge in [0.2, 0.25) is 0 Å². The fraction of sp³-hybridized carbons (Fsp3) is 0.286. The molecular weight excluding hydrogens is 344 g/mol. The SMILES string of the molecule is O=c1ccc2c3oc4cc(OCCN5CCOCC5)ccc4c3c[nH]c-2c1. The molecule has 138 valence electrons. The Balaban J connectivity index is 1.42. The molecule has 1 aromatic carbocycles. The number of nitrogens with zero attached hydrogens (tertiary/aromatic N) is 1. The van der Waals surface area contributed by atoms with Crippen molar-refractivity contribution in [1.82, 2.24) is 9.88 Å². The van der Waals surface area contributed by atoms with Crippen molar-refractivity contribution in [3.8, 4) is 17.0 Å². The molecule has 1 N–H and O–H groups in total.